The highest BCUT2D eigenvalue weighted by molar-refractivity contribution is 8.01. The second kappa shape index (κ2) is 7.39. The predicted octanol–water partition coefficient (Wildman–Crippen LogP) is 3.86. The average Bonchev–Trinajstić information content (AvgIpc) is 2.94. The molecule has 1 aliphatic rings. The van der Waals surface area contributed by atoms with Gasteiger partial charge in [0.05, 0.1) is 36.0 Å². The van der Waals surface area contributed by atoms with Crippen LogP contribution >= 0.6 is 23.1 Å². The molecular formula is C17H21NO4S2. The van der Waals surface area contributed by atoms with Gasteiger partial charge in [-0.05, 0) is 26.0 Å². The van der Waals surface area contributed by atoms with E-state index in [0.717, 1.165) is 15.6 Å². The van der Waals surface area contributed by atoms with Gasteiger partial charge in [-0.15, -0.1) is 11.3 Å². The maximum atomic E-state index is 11.5. The van der Waals surface area contributed by atoms with Crippen molar-refractivity contribution in [3.63, 3.8) is 0 Å². The van der Waals surface area contributed by atoms with Crippen LogP contribution in [0.4, 0.5) is 0 Å². The molecule has 5 nitrogen and oxygen atoms in total. The first-order valence-corrected chi connectivity index (χ1v) is 9.66. The Morgan fingerprint density at radius 1 is 1.38 bits per heavy atom. The SMILES string of the molecule is COC(=O)C[C@H]1C[C@@H](CSc2nc3ccccc3s2)OC(C)(C)O1. The molecule has 24 heavy (non-hydrogen) atoms. The highest BCUT2D eigenvalue weighted by Gasteiger charge is 2.36. The van der Waals surface area contributed by atoms with Crippen LogP contribution in [0.1, 0.15) is 26.7 Å². The molecule has 2 heterocycles. The Bertz CT molecular complexity index is 682. The number of carbonyl (C=O) groups excluding carboxylic acids is 1. The van der Waals surface area contributed by atoms with E-state index in [2.05, 4.69) is 11.1 Å². The van der Waals surface area contributed by atoms with Crippen molar-refractivity contribution in [1.29, 1.82) is 0 Å². The first-order chi connectivity index (χ1) is 11.4. The minimum atomic E-state index is -0.699. The zero-order chi connectivity index (χ0) is 17.2. The molecule has 1 aliphatic heterocycles. The van der Waals surface area contributed by atoms with Crippen molar-refractivity contribution in [2.75, 3.05) is 12.9 Å². The number of thiazole rings is 1. The summed E-state index contributed by atoms with van der Waals surface area (Å²) in [4.78, 5) is 16.2. The third kappa shape index (κ3) is 4.47. The van der Waals surface area contributed by atoms with Gasteiger partial charge in [-0.2, -0.15) is 0 Å². The largest absolute Gasteiger partial charge is 0.469 e. The molecule has 0 radical (unpaired) electrons. The Balaban J connectivity index is 1.61. The lowest BCUT2D eigenvalue weighted by Gasteiger charge is -2.40. The standard InChI is InChI=1S/C17H21NO4S2/c1-17(2)21-11(9-15(19)20-3)8-12(22-17)10-23-16-18-13-6-4-5-7-14(13)24-16/h4-7,11-12H,8-10H2,1-3H3/t11-,12+/m1/s1. The Labute approximate surface area is 149 Å². The molecule has 0 aliphatic carbocycles. The van der Waals surface area contributed by atoms with Crippen molar-refractivity contribution < 1.29 is 19.0 Å². The summed E-state index contributed by atoms with van der Waals surface area (Å²) >= 11 is 3.38. The quantitative estimate of drug-likeness (QED) is 0.591. The van der Waals surface area contributed by atoms with E-state index in [-0.39, 0.29) is 24.6 Å². The molecule has 2 atom stereocenters. The van der Waals surface area contributed by atoms with Crippen LogP contribution < -0.4 is 0 Å². The molecular weight excluding hydrogens is 346 g/mol. The van der Waals surface area contributed by atoms with Gasteiger partial charge in [0, 0.05) is 12.2 Å². The summed E-state index contributed by atoms with van der Waals surface area (Å²) in [5.74, 6) is -0.171. The van der Waals surface area contributed by atoms with Crippen LogP contribution in [0.2, 0.25) is 0 Å². The van der Waals surface area contributed by atoms with Gasteiger partial charge < -0.3 is 14.2 Å². The van der Waals surface area contributed by atoms with Gasteiger partial charge in [0.1, 0.15) is 0 Å². The molecule has 0 spiro atoms. The Morgan fingerprint density at radius 3 is 2.88 bits per heavy atom. The van der Waals surface area contributed by atoms with Crippen LogP contribution in [-0.4, -0.2) is 41.8 Å². The minimum absolute atomic E-state index is 0.0143. The fourth-order valence-corrected chi connectivity index (χ4v) is 4.89. The third-order valence-electron chi connectivity index (χ3n) is 3.72. The molecule has 3 rings (SSSR count). The molecule has 2 aromatic rings. The lowest BCUT2D eigenvalue weighted by Crippen LogP contribution is -2.46. The zero-order valence-electron chi connectivity index (χ0n) is 14.0. The van der Waals surface area contributed by atoms with Crippen LogP contribution in [-0.2, 0) is 19.0 Å². The molecule has 0 amide bonds. The molecule has 130 valence electrons. The monoisotopic (exact) mass is 367 g/mol. The first kappa shape index (κ1) is 17.7. The number of aromatic nitrogens is 1. The summed E-state index contributed by atoms with van der Waals surface area (Å²) < 4.78 is 18.8. The van der Waals surface area contributed by atoms with E-state index in [1.54, 1.807) is 23.1 Å². The van der Waals surface area contributed by atoms with E-state index >= 15 is 0 Å². The predicted molar refractivity (Wildman–Crippen MR) is 95.4 cm³/mol. The molecule has 1 saturated heterocycles. The van der Waals surface area contributed by atoms with Crippen LogP contribution in [0.15, 0.2) is 28.6 Å². The number of fused-ring (bicyclic) bond motifs is 1. The molecule has 0 bridgehead atoms. The van der Waals surface area contributed by atoms with Crippen molar-refractivity contribution in [2.24, 2.45) is 0 Å². The number of esters is 1. The van der Waals surface area contributed by atoms with Crippen LogP contribution in [0.5, 0.6) is 0 Å². The lowest BCUT2D eigenvalue weighted by atomic mass is 10.1. The smallest absolute Gasteiger partial charge is 0.308 e. The van der Waals surface area contributed by atoms with Crippen LogP contribution in [0, 0.1) is 0 Å². The van der Waals surface area contributed by atoms with Crippen molar-refractivity contribution in [3.8, 4) is 0 Å². The van der Waals surface area contributed by atoms with E-state index in [9.17, 15) is 4.79 Å². The van der Waals surface area contributed by atoms with Crippen LogP contribution in [0.3, 0.4) is 0 Å². The maximum absolute atomic E-state index is 11.5. The lowest BCUT2D eigenvalue weighted by molar-refractivity contribution is -0.295. The normalized spacial score (nSPS) is 23.3. The van der Waals surface area contributed by atoms with Gasteiger partial charge in [-0.1, -0.05) is 23.9 Å². The van der Waals surface area contributed by atoms with E-state index < -0.39 is 5.79 Å². The van der Waals surface area contributed by atoms with Crippen molar-refractivity contribution in [1.82, 2.24) is 4.98 Å². The van der Waals surface area contributed by atoms with Gasteiger partial charge >= 0.3 is 5.97 Å². The van der Waals surface area contributed by atoms with Gasteiger partial charge in [-0.3, -0.25) is 4.79 Å². The third-order valence-corrected chi connectivity index (χ3v) is 6.03. The second-order valence-electron chi connectivity index (χ2n) is 6.15. The average molecular weight is 367 g/mol. The van der Waals surface area contributed by atoms with Gasteiger partial charge in [0.25, 0.3) is 0 Å². The molecule has 1 aromatic heterocycles. The molecule has 7 heteroatoms. The number of nitrogens with zero attached hydrogens (tertiary/aromatic N) is 1. The zero-order valence-corrected chi connectivity index (χ0v) is 15.6. The number of methoxy groups -OCH3 is 1. The highest BCUT2D eigenvalue weighted by Crippen LogP contribution is 2.34. The summed E-state index contributed by atoms with van der Waals surface area (Å²) in [6.45, 7) is 3.76. The number of para-hydroxylation sites is 1. The number of thioether (sulfide) groups is 1. The summed E-state index contributed by atoms with van der Waals surface area (Å²) in [7, 11) is 1.40. The summed E-state index contributed by atoms with van der Waals surface area (Å²) in [5, 5.41) is 0. The van der Waals surface area contributed by atoms with E-state index in [1.165, 1.54) is 11.8 Å². The van der Waals surface area contributed by atoms with Crippen molar-refractivity contribution in [3.05, 3.63) is 24.3 Å². The van der Waals surface area contributed by atoms with Gasteiger partial charge in [0.15, 0.2) is 10.1 Å². The molecule has 0 saturated carbocycles. The van der Waals surface area contributed by atoms with Crippen molar-refractivity contribution >= 4 is 39.3 Å². The minimum Gasteiger partial charge on any atom is -0.469 e. The molecule has 0 unspecified atom stereocenters. The van der Waals surface area contributed by atoms with Crippen molar-refractivity contribution in [2.45, 2.75) is 49.0 Å². The molecule has 0 N–H and O–H groups in total. The fourth-order valence-electron chi connectivity index (χ4n) is 2.79. The Hall–Kier alpha value is -1.15. The van der Waals surface area contributed by atoms with E-state index in [4.69, 9.17) is 14.2 Å². The van der Waals surface area contributed by atoms with E-state index in [1.807, 2.05) is 32.0 Å². The number of ether oxygens (including phenoxy) is 3. The second-order valence-corrected chi connectivity index (χ2v) is 8.45. The summed E-state index contributed by atoms with van der Waals surface area (Å²) in [6, 6.07) is 8.13. The fraction of sp³-hybridized carbons (Fsp3) is 0.529. The number of hydrogen-bond acceptors (Lipinski definition) is 7. The summed E-state index contributed by atoms with van der Waals surface area (Å²) in [6.07, 6.45) is 0.768. The summed E-state index contributed by atoms with van der Waals surface area (Å²) in [5.41, 5.74) is 1.03. The Kier molecular flexibility index (Phi) is 5.44. The first-order valence-electron chi connectivity index (χ1n) is 7.86. The van der Waals surface area contributed by atoms with Gasteiger partial charge in [0.2, 0.25) is 0 Å². The number of hydrogen-bond donors (Lipinski definition) is 0. The van der Waals surface area contributed by atoms with E-state index in [0.29, 0.717) is 6.42 Å². The topological polar surface area (TPSA) is 57.7 Å². The Morgan fingerprint density at radius 2 is 2.12 bits per heavy atom. The number of rotatable bonds is 5. The maximum Gasteiger partial charge on any atom is 0.308 e. The molecule has 1 fully saturated rings. The van der Waals surface area contributed by atoms with Crippen LogP contribution in [0.25, 0.3) is 10.2 Å². The molecule has 1 aromatic carbocycles. The highest BCUT2D eigenvalue weighted by atomic mass is 32.2. The number of benzene rings is 1. The number of carbonyl (C=O) groups is 1. The van der Waals surface area contributed by atoms with Gasteiger partial charge in [-0.25, -0.2) is 4.98 Å².